The fraction of sp³-hybridized carbons (Fsp3) is 0.643. The van der Waals surface area contributed by atoms with Gasteiger partial charge in [0.2, 0.25) is 10.0 Å². The van der Waals surface area contributed by atoms with Gasteiger partial charge in [-0.3, -0.25) is 0 Å². The zero-order valence-corrected chi connectivity index (χ0v) is 13.4. The molecule has 2 heterocycles. The molecule has 0 aromatic carbocycles. The van der Waals surface area contributed by atoms with Crippen molar-refractivity contribution >= 4 is 16.0 Å². The fourth-order valence-electron chi connectivity index (χ4n) is 2.82. The van der Waals surface area contributed by atoms with Gasteiger partial charge in [0.25, 0.3) is 0 Å². The fourth-order valence-corrected chi connectivity index (χ4v) is 4.36. The van der Waals surface area contributed by atoms with Crippen molar-refractivity contribution in [3.8, 4) is 0 Å². The molecule has 118 valence electrons. The molecular weight excluding hydrogens is 292 g/mol. The molecule has 6 nitrogen and oxygen atoms in total. The summed E-state index contributed by atoms with van der Waals surface area (Å²) < 4.78 is 27.9. The van der Waals surface area contributed by atoms with Gasteiger partial charge >= 0.3 is 5.97 Å². The van der Waals surface area contributed by atoms with Gasteiger partial charge in [-0.1, -0.05) is 13.8 Å². The first-order chi connectivity index (χ1) is 9.73. The Bertz CT molecular complexity index is 625. The number of aromatic carboxylic acids is 1. The van der Waals surface area contributed by atoms with Crippen LogP contribution in [0.15, 0.2) is 17.2 Å². The highest BCUT2D eigenvalue weighted by atomic mass is 32.2. The average molecular weight is 314 g/mol. The van der Waals surface area contributed by atoms with Crippen molar-refractivity contribution in [1.29, 1.82) is 0 Å². The Morgan fingerprint density at radius 1 is 1.33 bits per heavy atom. The largest absolute Gasteiger partial charge is 0.477 e. The number of carbonyl (C=O) groups is 1. The smallest absolute Gasteiger partial charge is 0.352 e. The number of rotatable bonds is 4. The van der Waals surface area contributed by atoms with Crippen molar-refractivity contribution in [2.75, 3.05) is 13.1 Å². The van der Waals surface area contributed by atoms with Gasteiger partial charge in [0.15, 0.2) is 0 Å². The number of hydrogen-bond donors (Lipinski definition) is 1. The second-order valence-corrected chi connectivity index (χ2v) is 7.90. The number of aryl methyl sites for hydroxylation is 1. The van der Waals surface area contributed by atoms with Crippen LogP contribution in [-0.4, -0.2) is 41.5 Å². The Morgan fingerprint density at radius 2 is 1.90 bits per heavy atom. The van der Waals surface area contributed by atoms with Crippen LogP contribution in [0.3, 0.4) is 0 Å². The van der Waals surface area contributed by atoms with E-state index >= 15 is 0 Å². The van der Waals surface area contributed by atoms with E-state index < -0.39 is 16.0 Å². The van der Waals surface area contributed by atoms with Crippen molar-refractivity contribution in [3.05, 3.63) is 18.0 Å². The van der Waals surface area contributed by atoms with Gasteiger partial charge in [0, 0.05) is 26.3 Å². The van der Waals surface area contributed by atoms with Crippen LogP contribution < -0.4 is 0 Å². The summed E-state index contributed by atoms with van der Waals surface area (Å²) in [4.78, 5) is 11.1. The van der Waals surface area contributed by atoms with Crippen LogP contribution in [-0.2, 0) is 17.1 Å². The van der Waals surface area contributed by atoms with Gasteiger partial charge in [-0.25, -0.2) is 13.2 Å². The SMILES string of the molecule is CC(C)C1CCN(S(=O)(=O)c2cc(C(=O)O)n(C)c2)CC1. The summed E-state index contributed by atoms with van der Waals surface area (Å²) in [5, 5.41) is 9.02. The molecule has 1 aromatic heterocycles. The Balaban J connectivity index is 2.20. The molecule has 1 aliphatic rings. The first-order valence-electron chi connectivity index (χ1n) is 7.13. The third-order valence-electron chi connectivity index (χ3n) is 4.28. The highest BCUT2D eigenvalue weighted by Gasteiger charge is 2.31. The number of carboxylic acids is 1. The molecule has 0 spiro atoms. The quantitative estimate of drug-likeness (QED) is 0.918. The van der Waals surface area contributed by atoms with Gasteiger partial charge < -0.3 is 9.67 Å². The van der Waals surface area contributed by atoms with E-state index in [-0.39, 0.29) is 10.6 Å². The van der Waals surface area contributed by atoms with E-state index in [1.807, 2.05) is 0 Å². The van der Waals surface area contributed by atoms with Crippen LogP contribution >= 0.6 is 0 Å². The van der Waals surface area contributed by atoms with E-state index in [0.717, 1.165) is 12.8 Å². The van der Waals surface area contributed by atoms with Crippen LogP contribution in [0.25, 0.3) is 0 Å². The van der Waals surface area contributed by atoms with Crippen LogP contribution in [0.1, 0.15) is 37.2 Å². The highest BCUT2D eigenvalue weighted by molar-refractivity contribution is 7.89. The zero-order valence-electron chi connectivity index (χ0n) is 12.6. The van der Waals surface area contributed by atoms with Crippen molar-refractivity contribution in [2.24, 2.45) is 18.9 Å². The normalized spacial score (nSPS) is 18.3. The van der Waals surface area contributed by atoms with E-state index in [1.165, 1.54) is 28.2 Å². The standard InChI is InChI=1S/C14H22N2O4S/c1-10(2)11-4-6-16(7-5-11)21(19,20)12-8-13(14(17)18)15(3)9-12/h8-11H,4-7H2,1-3H3,(H,17,18). The number of hydrogen-bond acceptors (Lipinski definition) is 3. The molecule has 2 rings (SSSR count). The molecule has 0 aliphatic carbocycles. The number of nitrogens with zero attached hydrogens (tertiary/aromatic N) is 2. The number of piperidine rings is 1. The van der Waals surface area contributed by atoms with Gasteiger partial charge in [0.1, 0.15) is 10.6 Å². The molecule has 21 heavy (non-hydrogen) atoms. The van der Waals surface area contributed by atoms with Crippen molar-refractivity contribution < 1.29 is 18.3 Å². The molecule has 0 bridgehead atoms. The minimum atomic E-state index is -3.60. The molecule has 1 saturated heterocycles. The van der Waals surface area contributed by atoms with Gasteiger partial charge in [-0.05, 0) is 30.7 Å². The second-order valence-electron chi connectivity index (χ2n) is 5.96. The average Bonchev–Trinajstić information content (AvgIpc) is 2.82. The first-order valence-corrected chi connectivity index (χ1v) is 8.57. The Morgan fingerprint density at radius 3 is 2.33 bits per heavy atom. The van der Waals surface area contributed by atoms with Crippen LogP contribution in [0.2, 0.25) is 0 Å². The Hall–Kier alpha value is -1.34. The maximum atomic E-state index is 12.6. The minimum absolute atomic E-state index is 0.0226. The van der Waals surface area contributed by atoms with E-state index in [9.17, 15) is 13.2 Å². The third kappa shape index (κ3) is 3.13. The minimum Gasteiger partial charge on any atom is -0.477 e. The summed E-state index contributed by atoms with van der Waals surface area (Å²) in [6, 6.07) is 1.23. The molecule has 1 fully saturated rings. The Labute approximate surface area is 125 Å². The predicted molar refractivity (Wildman–Crippen MR) is 78.7 cm³/mol. The van der Waals surface area contributed by atoms with Crippen LogP contribution in [0, 0.1) is 11.8 Å². The maximum Gasteiger partial charge on any atom is 0.352 e. The van der Waals surface area contributed by atoms with Crippen molar-refractivity contribution in [3.63, 3.8) is 0 Å². The van der Waals surface area contributed by atoms with Crippen LogP contribution in [0.5, 0.6) is 0 Å². The molecule has 1 aromatic rings. The number of sulfonamides is 1. The molecule has 0 radical (unpaired) electrons. The summed E-state index contributed by atoms with van der Waals surface area (Å²) in [6.07, 6.45) is 3.08. The number of carboxylic acid groups (broad SMARTS) is 1. The third-order valence-corrected chi connectivity index (χ3v) is 6.14. The van der Waals surface area contributed by atoms with E-state index in [4.69, 9.17) is 5.11 Å². The summed E-state index contributed by atoms with van der Waals surface area (Å²) >= 11 is 0. The highest BCUT2D eigenvalue weighted by Crippen LogP contribution is 2.28. The first kappa shape index (κ1) is 16.0. The van der Waals surface area contributed by atoms with E-state index in [0.29, 0.717) is 24.9 Å². The molecule has 1 aliphatic heterocycles. The molecular formula is C14H22N2O4S. The van der Waals surface area contributed by atoms with Crippen LogP contribution in [0.4, 0.5) is 0 Å². The lowest BCUT2D eigenvalue weighted by molar-refractivity contribution is 0.0686. The molecule has 0 unspecified atom stereocenters. The maximum absolute atomic E-state index is 12.6. The van der Waals surface area contributed by atoms with Gasteiger partial charge in [-0.2, -0.15) is 4.31 Å². The second kappa shape index (κ2) is 5.81. The molecule has 7 heteroatoms. The van der Waals surface area contributed by atoms with Crippen molar-refractivity contribution in [2.45, 2.75) is 31.6 Å². The number of aromatic nitrogens is 1. The zero-order chi connectivity index (χ0) is 15.8. The molecule has 0 atom stereocenters. The summed E-state index contributed by atoms with van der Waals surface area (Å²) in [5.41, 5.74) is -0.0226. The van der Waals surface area contributed by atoms with Gasteiger partial charge in [-0.15, -0.1) is 0 Å². The topological polar surface area (TPSA) is 79.6 Å². The van der Waals surface area contributed by atoms with E-state index in [1.54, 1.807) is 0 Å². The summed E-state index contributed by atoms with van der Waals surface area (Å²) in [6.45, 7) is 5.32. The summed E-state index contributed by atoms with van der Waals surface area (Å²) in [7, 11) is -2.06. The molecule has 0 amide bonds. The van der Waals surface area contributed by atoms with Crippen molar-refractivity contribution in [1.82, 2.24) is 8.87 Å². The lowest BCUT2D eigenvalue weighted by Crippen LogP contribution is -2.39. The molecule has 1 N–H and O–H groups in total. The van der Waals surface area contributed by atoms with E-state index in [2.05, 4.69) is 13.8 Å². The van der Waals surface area contributed by atoms with Gasteiger partial charge in [0.05, 0.1) is 0 Å². The predicted octanol–water partition coefficient (Wildman–Crippen LogP) is 1.78. The lowest BCUT2D eigenvalue weighted by Gasteiger charge is -2.32. The lowest BCUT2D eigenvalue weighted by atomic mass is 9.87. The Kier molecular flexibility index (Phi) is 4.43. The monoisotopic (exact) mass is 314 g/mol. The summed E-state index contributed by atoms with van der Waals surface area (Å²) in [5.74, 6) is -0.00976. The molecule has 0 saturated carbocycles.